The number of hydrogen-bond donors (Lipinski definition) is 3. The Kier molecular flexibility index (Phi) is 8.01. The molecular weight excluding hydrogens is 398 g/mol. The predicted octanol–water partition coefficient (Wildman–Crippen LogP) is 2.58. The first kappa shape index (κ1) is 23.7. The molecule has 0 aromatic heterocycles. The summed E-state index contributed by atoms with van der Waals surface area (Å²) in [4.78, 5) is 36.4. The van der Waals surface area contributed by atoms with Gasteiger partial charge < -0.3 is 14.8 Å². The van der Waals surface area contributed by atoms with E-state index in [0.717, 1.165) is 5.56 Å². The van der Waals surface area contributed by atoms with Crippen LogP contribution in [0.5, 0.6) is 11.5 Å². The Hall–Kier alpha value is -3.55. The van der Waals surface area contributed by atoms with Crippen molar-refractivity contribution < 1.29 is 23.9 Å². The molecule has 0 aliphatic rings. The second-order valence-electron chi connectivity index (χ2n) is 7.91. The maximum Gasteiger partial charge on any atom is 0.269 e. The van der Waals surface area contributed by atoms with Crippen LogP contribution in [0.2, 0.25) is 0 Å². The van der Waals surface area contributed by atoms with Gasteiger partial charge in [-0.15, -0.1) is 0 Å². The second-order valence-corrected chi connectivity index (χ2v) is 7.91. The van der Waals surface area contributed by atoms with Gasteiger partial charge in [0, 0.05) is 24.1 Å². The van der Waals surface area contributed by atoms with Crippen LogP contribution in [0.4, 0.5) is 0 Å². The van der Waals surface area contributed by atoms with E-state index in [0.29, 0.717) is 22.6 Å². The van der Waals surface area contributed by atoms with Gasteiger partial charge in [-0.1, -0.05) is 32.9 Å². The standard InChI is InChI=1S/C23H29N3O5/c1-23(2,3)17-9-6-15(7-10-17)21(28)24-13-12-20(27)25-26-22(29)16-8-11-18(30-4)19(14-16)31-5/h6-11,14H,12-13H2,1-5H3,(H,24,28)(H,25,27)(H,26,29). The molecule has 0 unspecified atom stereocenters. The van der Waals surface area contributed by atoms with Crippen molar-refractivity contribution in [2.75, 3.05) is 20.8 Å². The molecule has 8 nitrogen and oxygen atoms in total. The van der Waals surface area contributed by atoms with Gasteiger partial charge in [0.2, 0.25) is 5.91 Å². The Balaban J connectivity index is 1.78. The summed E-state index contributed by atoms with van der Waals surface area (Å²) in [6.07, 6.45) is 0.0119. The monoisotopic (exact) mass is 427 g/mol. The van der Waals surface area contributed by atoms with Crippen molar-refractivity contribution in [3.63, 3.8) is 0 Å². The van der Waals surface area contributed by atoms with Crippen LogP contribution in [0.15, 0.2) is 42.5 Å². The lowest BCUT2D eigenvalue weighted by atomic mass is 9.87. The first-order chi connectivity index (χ1) is 14.7. The molecule has 0 aliphatic heterocycles. The Morgan fingerprint density at radius 3 is 2.00 bits per heavy atom. The molecule has 0 radical (unpaired) electrons. The molecule has 31 heavy (non-hydrogen) atoms. The first-order valence-corrected chi connectivity index (χ1v) is 9.85. The molecule has 3 amide bonds. The molecule has 0 heterocycles. The Morgan fingerprint density at radius 1 is 0.806 bits per heavy atom. The molecule has 8 heteroatoms. The number of carbonyl (C=O) groups is 3. The molecule has 0 aliphatic carbocycles. The Morgan fingerprint density at radius 2 is 1.42 bits per heavy atom. The topological polar surface area (TPSA) is 106 Å². The molecule has 2 aromatic rings. The molecule has 2 rings (SSSR count). The third-order valence-corrected chi connectivity index (χ3v) is 4.61. The predicted molar refractivity (Wildman–Crippen MR) is 117 cm³/mol. The highest BCUT2D eigenvalue weighted by Gasteiger charge is 2.15. The SMILES string of the molecule is COc1ccc(C(=O)NNC(=O)CCNC(=O)c2ccc(C(C)(C)C)cc2)cc1OC. The van der Waals surface area contributed by atoms with Crippen LogP contribution in [0, 0.1) is 0 Å². The molecule has 3 N–H and O–H groups in total. The van der Waals surface area contributed by atoms with Gasteiger partial charge in [0.05, 0.1) is 14.2 Å². The van der Waals surface area contributed by atoms with Crippen LogP contribution < -0.4 is 25.6 Å². The fourth-order valence-corrected chi connectivity index (χ4v) is 2.75. The lowest BCUT2D eigenvalue weighted by molar-refractivity contribution is -0.121. The van der Waals surface area contributed by atoms with Gasteiger partial charge in [0.25, 0.3) is 11.8 Å². The summed E-state index contributed by atoms with van der Waals surface area (Å²) >= 11 is 0. The molecule has 0 bridgehead atoms. The van der Waals surface area contributed by atoms with E-state index in [1.165, 1.54) is 20.3 Å². The van der Waals surface area contributed by atoms with Gasteiger partial charge in [0.15, 0.2) is 11.5 Å². The van der Waals surface area contributed by atoms with Crippen molar-refractivity contribution in [2.24, 2.45) is 0 Å². The van der Waals surface area contributed by atoms with Gasteiger partial charge >= 0.3 is 0 Å². The molecule has 166 valence electrons. The zero-order chi connectivity index (χ0) is 23.0. The van der Waals surface area contributed by atoms with Crippen molar-refractivity contribution in [2.45, 2.75) is 32.6 Å². The average molecular weight is 428 g/mol. The van der Waals surface area contributed by atoms with E-state index < -0.39 is 11.8 Å². The molecule has 2 aromatic carbocycles. The van der Waals surface area contributed by atoms with Crippen LogP contribution in [-0.2, 0) is 10.2 Å². The molecule has 0 fully saturated rings. The molecule has 0 atom stereocenters. The van der Waals surface area contributed by atoms with Crippen molar-refractivity contribution in [3.8, 4) is 11.5 Å². The van der Waals surface area contributed by atoms with Crippen LogP contribution in [0.1, 0.15) is 53.5 Å². The third-order valence-electron chi connectivity index (χ3n) is 4.61. The number of rotatable bonds is 7. The Labute approximate surface area is 182 Å². The fraction of sp³-hybridized carbons (Fsp3) is 0.348. The summed E-state index contributed by atoms with van der Waals surface area (Å²) in [7, 11) is 2.96. The van der Waals surface area contributed by atoms with Crippen molar-refractivity contribution >= 4 is 17.7 Å². The van der Waals surface area contributed by atoms with E-state index in [-0.39, 0.29) is 24.3 Å². The maximum absolute atomic E-state index is 12.2. The lowest BCUT2D eigenvalue weighted by Crippen LogP contribution is -2.42. The molecule has 0 saturated heterocycles. The molecule has 0 spiro atoms. The van der Waals surface area contributed by atoms with Crippen molar-refractivity contribution in [3.05, 3.63) is 59.2 Å². The highest BCUT2D eigenvalue weighted by atomic mass is 16.5. The average Bonchev–Trinajstić information content (AvgIpc) is 2.76. The smallest absolute Gasteiger partial charge is 0.269 e. The summed E-state index contributed by atoms with van der Waals surface area (Å²) in [5, 5.41) is 2.69. The zero-order valence-corrected chi connectivity index (χ0v) is 18.5. The summed E-state index contributed by atoms with van der Waals surface area (Å²) in [5.41, 5.74) is 6.61. The van der Waals surface area contributed by atoms with Gasteiger partial charge in [-0.25, -0.2) is 0 Å². The van der Waals surface area contributed by atoms with Crippen molar-refractivity contribution in [1.29, 1.82) is 0 Å². The number of carbonyl (C=O) groups excluding carboxylic acids is 3. The minimum atomic E-state index is -0.503. The minimum absolute atomic E-state index is 0.00841. The third kappa shape index (κ3) is 6.74. The normalized spacial score (nSPS) is 10.7. The van der Waals surface area contributed by atoms with Gasteiger partial charge in [-0.05, 0) is 41.3 Å². The number of benzene rings is 2. The molecular formula is C23H29N3O5. The van der Waals surface area contributed by atoms with Gasteiger partial charge in [-0.3, -0.25) is 25.2 Å². The quantitative estimate of drug-likeness (QED) is 0.589. The number of hydrogen-bond acceptors (Lipinski definition) is 5. The number of hydrazine groups is 1. The molecule has 0 saturated carbocycles. The summed E-state index contributed by atoms with van der Waals surface area (Å²) in [5.74, 6) is -0.302. The van der Waals surface area contributed by atoms with Gasteiger partial charge in [-0.2, -0.15) is 0 Å². The summed E-state index contributed by atoms with van der Waals surface area (Å²) < 4.78 is 10.3. The van der Waals surface area contributed by atoms with E-state index in [2.05, 4.69) is 36.9 Å². The Bertz CT molecular complexity index is 933. The van der Waals surface area contributed by atoms with Crippen LogP contribution in [0.3, 0.4) is 0 Å². The van der Waals surface area contributed by atoms with E-state index in [9.17, 15) is 14.4 Å². The lowest BCUT2D eigenvalue weighted by Gasteiger charge is -2.19. The second kappa shape index (κ2) is 10.5. The maximum atomic E-state index is 12.2. The van der Waals surface area contributed by atoms with Gasteiger partial charge in [0.1, 0.15) is 0 Å². The van der Waals surface area contributed by atoms with E-state index >= 15 is 0 Å². The highest BCUT2D eigenvalue weighted by Crippen LogP contribution is 2.27. The number of amides is 3. The zero-order valence-electron chi connectivity index (χ0n) is 18.5. The van der Waals surface area contributed by atoms with Crippen LogP contribution >= 0.6 is 0 Å². The van der Waals surface area contributed by atoms with Crippen LogP contribution in [-0.4, -0.2) is 38.5 Å². The van der Waals surface area contributed by atoms with E-state index in [1.807, 2.05) is 12.1 Å². The largest absolute Gasteiger partial charge is 0.493 e. The minimum Gasteiger partial charge on any atom is -0.493 e. The van der Waals surface area contributed by atoms with E-state index in [1.54, 1.807) is 24.3 Å². The summed E-state index contributed by atoms with van der Waals surface area (Å²) in [6, 6.07) is 12.0. The first-order valence-electron chi connectivity index (χ1n) is 9.85. The summed E-state index contributed by atoms with van der Waals surface area (Å²) in [6.45, 7) is 6.44. The van der Waals surface area contributed by atoms with E-state index in [4.69, 9.17) is 9.47 Å². The number of nitrogens with one attached hydrogen (secondary N) is 3. The number of ether oxygens (including phenoxy) is 2. The fourth-order valence-electron chi connectivity index (χ4n) is 2.75. The number of methoxy groups -OCH3 is 2. The van der Waals surface area contributed by atoms with Crippen LogP contribution in [0.25, 0.3) is 0 Å². The van der Waals surface area contributed by atoms with Crippen molar-refractivity contribution in [1.82, 2.24) is 16.2 Å². The highest BCUT2D eigenvalue weighted by molar-refractivity contribution is 5.96.